The summed E-state index contributed by atoms with van der Waals surface area (Å²) in [4.78, 5) is 4.78. The van der Waals surface area contributed by atoms with E-state index in [1.54, 1.807) is 11.8 Å². The second-order valence-corrected chi connectivity index (χ2v) is 6.07. The first-order valence-electron chi connectivity index (χ1n) is 7.86. The van der Waals surface area contributed by atoms with Crippen molar-refractivity contribution < 1.29 is 0 Å². The molecule has 0 radical (unpaired) electrons. The van der Waals surface area contributed by atoms with E-state index in [0.29, 0.717) is 0 Å². The normalized spacial score (nSPS) is 11.1. The van der Waals surface area contributed by atoms with Gasteiger partial charge in [-0.25, -0.2) is 4.99 Å². The monoisotopic (exact) mass is 329 g/mol. The van der Waals surface area contributed by atoms with Crippen molar-refractivity contribution in [2.75, 3.05) is 6.26 Å². The van der Waals surface area contributed by atoms with E-state index in [2.05, 4.69) is 66.9 Å². The van der Waals surface area contributed by atoms with Crippen LogP contribution in [0.15, 0.2) is 102 Å². The first kappa shape index (κ1) is 16.3. The number of hydrogen-bond donors (Lipinski definition) is 0. The van der Waals surface area contributed by atoms with Crippen molar-refractivity contribution in [3.63, 3.8) is 0 Å². The van der Waals surface area contributed by atoms with Gasteiger partial charge in [0, 0.05) is 17.3 Å². The Morgan fingerprint density at radius 3 is 1.50 bits per heavy atom. The summed E-state index contributed by atoms with van der Waals surface area (Å²) in [7, 11) is 0. The largest absolute Gasteiger partial charge is 0.249 e. The maximum atomic E-state index is 4.78. The Morgan fingerprint density at radius 2 is 1.08 bits per heavy atom. The number of benzene rings is 3. The molecule has 0 saturated carbocycles. The molecular weight excluding hydrogens is 310 g/mol. The van der Waals surface area contributed by atoms with Crippen LogP contribution in [0.4, 0.5) is 0 Å². The third-order valence-electron chi connectivity index (χ3n) is 3.69. The molecule has 24 heavy (non-hydrogen) atoms. The molecule has 3 aromatic carbocycles. The smallest absolute Gasteiger partial charge is 0.103 e. The van der Waals surface area contributed by atoms with Gasteiger partial charge >= 0.3 is 0 Å². The van der Waals surface area contributed by atoms with Crippen LogP contribution in [0.2, 0.25) is 0 Å². The fourth-order valence-electron chi connectivity index (χ4n) is 2.50. The summed E-state index contributed by atoms with van der Waals surface area (Å²) in [5.41, 5.74) is 4.60. The Hall–Kier alpha value is -2.58. The summed E-state index contributed by atoms with van der Waals surface area (Å²) in [6, 6.07) is 31.1. The molecule has 0 spiro atoms. The molecule has 0 N–H and O–H groups in total. The lowest BCUT2D eigenvalue weighted by Crippen LogP contribution is -1.94. The second kappa shape index (κ2) is 8.32. The van der Waals surface area contributed by atoms with Crippen molar-refractivity contribution in [1.82, 2.24) is 0 Å². The van der Waals surface area contributed by atoms with Crippen molar-refractivity contribution in [2.45, 2.75) is 0 Å². The highest BCUT2D eigenvalue weighted by molar-refractivity contribution is 8.13. The first-order valence-corrected chi connectivity index (χ1v) is 9.09. The van der Waals surface area contributed by atoms with Crippen LogP contribution in [0.25, 0.3) is 5.57 Å². The van der Waals surface area contributed by atoms with E-state index in [0.717, 1.165) is 16.2 Å². The van der Waals surface area contributed by atoms with E-state index >= 15 is 0 Å². The molecule has 0 aromatic heterocycles. The molecule has 0 saturated heterocycles. The molecule has 0 unspecified atom stereocenters. The van der Waals surface area contributed by atoms with Gasteiger partial charge in [-0.2, -0.15) is 0 Å². The van der Waals surface area contributed by atoms with Crippen molar-refractivity contribution in [3.05, 3.63) is 114 Å². The zero-order valence-electron chi connectivity index (χ0n) is 13.6. The van der Waals surface area contributed by atoms with E-state index in [4.69, 9.17) is 4.99 Å². The van der Waals surface area contributed by atoms with Gasteiger partial charge in [-0.05, 0) is 17.4 Å². The minimum Gasteiger partial charge on any atom is -0.249 e. The van der Waals surface area contributed by atoms with Crippen LogP contribution in [0.5, 0.6) is 0 Å². The van der Waals surface area contributed by atoms with E-state index in [-0.39, 0.29) is 0 Å². The Bertz CT molecular complexity index is 780. The fraction of sp³-hybridized carbons (Fsp3) is 0.0455. The molecule has 0 aliphatic heterocycles. The topological polar surface area (TPSA) is 12.4 Å². The third kappa shape index (κ3) is 4.03. The first-order chi connectivity index (χ1) is 11.9. The quantitative estimate of drug-likeness (QED) is 0.430. The lowest BCUT2D eigenvalue weighted by molar-refractivity contribution is 1.49. The Morgan fingerprint density at radius 1 is 0.667 bits per heavy atom. The zero-order valence-corrected chi connectivity index (χ0v) is 14.4. The number of thioether (sulfide) groups is 1. The SMILES string of the molecule is CSC(=NC=C(c1ccccc1)c1ccccc1)c1ccccc1. The van der Waals surface area contributed by atoms with Crippen LogP contribution in [0, 0.1) is 0 Å². The summed E-state index contributed by atoms with van der Waals surface area (Å²) in [5.74, 6) is 0. The minimum absolute atomic E-state index is 1.01. The molecule has 0 bridgehead atoms. The van der Waals surface area contributed by atoms with Gasteiger partial charge < -0.3 is 0 Å². The lowest BCUT2D eigenvalue weighted by atomic mass is 9.99. The molecule has 0 aliphatic carbocycles. The maximum absolute atomic E-state index is 4.78. The van der Waals surface area contributed by atoms with Gasteiger partial charge in [-0.1, -0.05) is 91.0 Å². The van der Waals surface area contributed by atoms with Crippen molar-refractivity contribution >= 4 is 22.4 Å². The van der Waals surface area contributed by atoms with Gasteiger partial charge in [0.05, 0.1) is 0 Å². The Balaban J connectivity index is 2.05. The molecule has 118 valence electrons. The van der Waals surface area contributed by atoms with E-state index in [9.17, 15) is 0 Å². The summed E-state index contributed by atoms with van der Waals surface area (Å²) in [6.45, 7) is 0. The summed E-state index contributed by atoms with van der Waals surface area (Å²) in [5, 5.41) is 1.01. The lowest BCUT2D eigenvalue weighted by Gasteiger charge is -2.08. The summed E-state index contributed by atoms with van der Waals surface area (Å²) in [6.07, 6.45) is 4.04. The highest BCUT2D eigenvalue weighted by Crippen LogP contribution is 2.24. The van der Waals surface area contributed by atoms with E-state index < -0.39 is 0 Å². The van der Waals surface area contributed by atoms with Crippen molar-refractivity contribution in [2.24, 2.45) is 4.99 Å². The number of aliphatic imine (C=N–C) groups is 1. The molecule has 3 rings (SSSR count). The molecule has 3 aromatic rings. The van der Waals surface area contributed by atoms with Gasteiger partial charge in [0.2, 0.25) is 0 Å². The molecule has 0 amide bonds. The molecular formula is C22H19NS. The average Bonchev–Trinajstić information content (AvgIpc) is 2.67. The van der Waals surface area contributed by atoms with Crippen LogP contribution in [-0.4, -0.2) is 11.3 Å². The predicted octanol–water partition coefficient (Wildman–Crippen LogP) is 5.89. The van der Waals surface area contributed by atoms with Crippen LogP contribution >= 0.6 is 11.8 Å². The summed E-state index contributed by atoms with van der Waals surface area (Å²) < 4.78 is 0. The number of nitrogens with zero attached hydrogens (tertiary/aromatic N) is 1. The van der Waals surface area contributed by atoms with Gasteiger partial charge in [0.15, 0.2) is 0 Å². The molecule has 0 heterocycles. The molecule has 0 aliphatic rings. The Labute approximate surface area is 147 Å². The van der Waals surface area contributed by atoms with Gasteiger partial charge in [-0.15, -0.1) is 11.8 Å². The molecule has 2 heteroatoms. The fourth-order valence-corrected chi connectivity index (χ4v) is 3.03. The highest BCUT2D eigenvalue weighted by Gasteiger charge is 2.05. The van der Waals surface area contributed by atoms with Crippen molar-refractivity contribution in [1.29, 1.82) is 0 Å². The van der Waals surface area contributed by atoms with Crippen LogP contribution in [0.1, 0.15) is 16.7 Å². The summed E-state index contributed by atoms with van der Waals surface area (Å²) >= 11 is 1.66. The van der Waals surface area contributed by atoms with Gasteiger partial charge in [-0.3, -0.25) is 0 Å². The third-order valence-corrected chi connectivity index (χ3v) is 4.42. The standard InChI is InChI=1S/C22H19NS/c1-24-22(20-15-9-4-10-16-20)23-17-21(18-11-5-2-6-12-18)19-13-7-3-8-14-19/h2-17H,1H3. The second-order valence-electron chi connectivity index (χ2n) is 5.28. The number of hydrogen-bond acceptors (Lipinski definition) is 2. The number of rotatable bonds is 4. The van der Waals surface area contributed by atoms with Crippen LogP contribution < -0.4 is 0 Å². The van der Waals surface area contributed by atoms with Gasteiger partial charge in [0.25, 0.3) is 0 Å². The minimum atomic E-state index is 1.01. The van der Waals surface area contributed by atoms with E-state index in [1.807, 2.05) is 36.5 Å². The molecule has 0 fully saturated rings. The van der Waals surface area contributed by atoms with Crippen LogP contribution in [0.3, 0.4) is 0 Å². The van der Waals surface area contributed by atoms with Crippen molar-refractivity contribution in [3.8, 4) is 0 Å². The predicted molar refractivity (Wildman–Crippen MR) is 106 cm³/mol. The Kier molecular flexibility index (Phi) is 5.65. The van der Waals surface area contributed by atoms with Gasteiger partial charge in [0.1, 0.15) is 5.04 Å². The average molecular weight is 329 g/mol. The zero-order chi connectivity index (χ0) is 16.6. The maximum Gasteiger partial charge on any atom is 0.103 e. The van der Waals surface area contributed by atoms with Crippen LogP contribution in [-0.2, 0) is 0 Å². The molecule has 1 nitrogen and oxygen atoms in total. The molecule has 0 atom stereocenters. The highest BCUT2D eigenvalue weighted by atomic mass is 32.2. The van der Waals surface area contributed by atoms with E-state index in [1.165, 1.54) is 11.1 Å².